The molecular formula is C14H20N2O. The normalized spacial score (nSPS) is 10.5. The lowest BCUT2D eigenvalue weighted by Crippen LogP contribution is -2.25. The summed E-state index contributed by atoms with van der Waals surface area (Å²) < 4.78 is 0. The van der Waals surface area contributed by atoms with Crippen molar-refractivity contribution in [3.05, 3.63) is 35.4 Å². The maximum Gasteiger partial charge on any atom is 0.0991 e. The molecule has 0 amide bonds. The smallest absolute Gasteiger partial charge is 0.0991 e. The summed E-state index contributed by atoms with van der Waals surface area (Å²) in [4.78, 5) is 2.33. The van der Waals surface area contributed by atoms with Crippen LogP contribution in [0, 0.1) is 11.3 Å². The molecule has 3 nitrogen and oxygen atoms in total. The van der Waals surface area contributed by atoms with Gasteiger partial charge in [0.25, 0.3) is 0 Å². The molecule has 0 bridgehead atoms. The highest BCUT2D eigenvalue weighted by molar-refractivity contribution is 5.31. The Kier molecular flexibility index (Phi) is 6.31. The molecule has 0 aliphatic carbocycles. The van der Waals surface area contributed by atoms with Gasteiger partial charge in [-0.1, -0.05) is 19.1 Å². The molecule has 0 saturated heterocycles. The second-order valence-electron chi connectivity index (χ2n) is 4.16. The van der Waals surface area contributed by atoms with E-state index < -0.39 is 0 Å². The number of benzene rings is 1. The van der Waals surface area contributed by atoms with Crippen molar-refractivity contribution in [2.75, 3.05) is 19.7 Å². The molecule has 3 heteroatoms. The highest BCUT2D eigenvalue weighted by Crippen LogP contribution is 2.08. The van der Waals surface area contributed by atoms with Crippen molar-refractivity contribution >= 4 is 0 Å². The van der Waals surface area contributed by atoms with Crippen LogP contribution in [0.5, 0.6) is 0 Å². The molecule has 1 N–H and O–H groups in total. The van der Waals surface area contributed by atoms with Crippen LogP contribution < -0.4 is 0 Å². The molecule has 1 aromatic rings. The fraction of sp³-hybridized carbons (Fsp3) is 0.500. The minimum Gasteiger partial charge on any atom is -0.396 e. The number of aliphatic hydroxyl groups is 1. The van der Waals surface area contributed by atoms with Gasteiger partial charge in [0.1, 0.15) is 0 Å². The van der Waals surface area contributed by atoms with Crippen LogP contribution in [-0.2, 0) is 6.54 Å². The van der Waals surface area contributed by atoms with E-state index in [2.05, 4.69) is 17.9 Å². The van der Waals surface area contributed by atoms with E-state index in [9.17, 15) is 0 Å². The first-order valence-electron chi connectivity index (χ1n) is 6.12. The fourth-order valence-corrected chi connectivity index (χ4v) is 1.82. The van der Waals surface area contributed by atoms with Crippen molar-refractivity contribution in [2.45, 2.75) is 26.3 Å². The van der Waals surface area contributed by atoms with Crippen LogP contribution in [0.4, 0.5) is 0 Å². The number of rotatable bonds is 7. The van der Waals surface area contributed by atoms with Crippen LogP contribution in [0.1, 0.15) is 30.9 Å². The van der Waals surface area contributed by atoms with Gasteiger partial charge in [-0.3, -0.25) is 4.90 Å². The van der Waals surface area contributed by atoms with E-state index >= 15 is 0 Å². The lowest BCUT2D eigenvalue weighted by atomic mass is 10.1. The van der Waals surface area contributed by atoms with Crippen LogP contribution in [0.15, 0.2) is 24.3 Å². The van der Waals surface area contributed by atoms with E-state index in [-0.39, 0.29) is 6.61 Å². The number of nitrogens with zero attached hydrogens (tertiary/aromatic N) is 2. The molecular weight excluding hydrogens is 212 g/mol. The van der Waals surface area contributed by atoms with E-state index in [1.165, 1.54) is 5.56 Å². The fourth-order valence-electron chi connectivity index (χ4n) is 1.82. The maximum absolute atomic E-state index is 8.86. The molecule has 0 fully saturated rings. The third-order valence-electron chi connectivity index (χ3n) is 2.66. The highest BCUT2D eigenvalue weighted by Gasteiger charge is 2.04. The second kappa shape index (κ2) is 7.83. The van der Waals surface area contributed by atoms with Crippen LogP contribution in [0.25, 0.3) is 0 Å². The van der Waals surface area contributed by atoms with E-state index in [0.29, 0.717) is 5.56 Å². The summed E-state index contributed by atoms with van der Waals surface area (Å²) >= 11 is 0. The first-order valence-corrected chi connectivity index (χ1v) is 6.12. The summed E-state index contributed by atoms with van der Waals surface area (Å²) in [5.74, 6) is 0. The molecule has 0 aromatic heterocycles. The molecule has 17 heavy (non-hydrogen) atoms. The first kappa shape index (κ1) is 13.7. The third kappa shape index (κ3) is 4.99. The summed E-state index contributed by atoms with van der Waals surface area (Å²) in [7, 11) is 0. The molecule has 0 aliphatic rings. The molecule has 0 spiro atoms. The van der Waals surface area contributed by atoms with Crippen LogP contribution in [0.3, 0.4) is 0 Å². The largest absolute Gasteiger partial charge is 0.396 e. The summed E-state index contributed by atoms with van der Waals surface area (Å²) in [6, 6.07) is 9.83. The second-order valence-corrected chi connectivity index (χ2v) is 4.16. The highest BCUT2D eigenvalue weighted by atomic mass is 16.3. The van der Waals surface area contributed by atoms with Crippen molar-refractivity contribution in [1.82, 2.24) is 4.90 Å². The van der Waals surface area contributed by atoms with E-state index in [0.717, 1.165) is 32.5 Å². The number of nitriles is 1. The Morgan fingerprint density at radius 3 is 2.47 bits per heavy atom. The standard InChI is InChI=1S/C14H20N2O/c1-2-8-16(9-3-10-17)12-14-6-4-13(11-15)5-7-14/h4-7,17H,2-3,8-10,12H2,1H3. The average molecular weight is 232 g/mol. The van der Waals surface area contributed by atoms with Crippen molar-refractivity contribution in [3.63, 3.8) is 0 Å². The van der Waals surface area contributed by atoms with Gasteiger partial charge in [-0.25, -0.2) is 0 Å². The predicted octanol–water partition coefficient (Wildman–Crippen LogP) is 2.15. The third-order valence-corrected chi connectivity index (χ3v) is 2.66. The summed E-state index contributed by atoms with van der Waals surface area (Å²) in [5.41, 5.74) is 1.92. The van der Waals surface area contributed by atoms with Gasteiger partial charge in [0.15, 0.2) is 0 Å². The van der Waals surface area contributed by atoms with Gasteiger partial charge in [-0.2, -0.15) is 5.26 Å². The summed E-state index contributed by atoms with van der Waals surface area (Å²) in [6.45, 7) is 5.25. The molecule has 1 aromatic carbocycles. The molecule has 0 radical (unpaired) electrons. The Morgan fingerprint density at radius 1 is 1.24 bits per heavy atom. The van der Waals surface area contributed by atoms with E-state index in [1.54, 1.807) is 0 Å². The van der Waals surface area contributed by atoms with Gasteiger partial charge in [0, 0.05) is 19.7 Å². The van der Waals surface area contributed by atoms with E-state index in [4.69, 9.17) is 10.4 Å². The molecule has 0 aliphatic heterocycles. The van der Waals surface area contributed by atoms with Gasteiger partial charge in [-0.05, 0) is 37.1 Å². The van der Waals surface area contributed by atoms with Gasteiger partial charge in [0.05, 0.1) is 11.6 Å². The Balaban J connectivity index is 2.55. The van der Waals surface area contributed by atoms with Crippen molar-refractivity contribution < 1.29 is 5.11 Å². The first-order chi connectivity index (χ1) is 8.30. The lowest BCUT2D eigenvalue weighted by Gasteiger charge is -2.21. The molecule has 0 atom stereocenters. The zero-order chi connectivity index (χ0) is 12.5. The molecule has 0 unspecified atom stereocenters. The van der Waals surface area contributed by atoms with Crippen molar-refractivity contribution in [3.8, 4) is 6.07 Å². The summed E-state index contributed by atoms with van der Waals surface area (Å²) in [5, 5.41) is 17.6. The Labute approximate surface area is 103 Å². The topological polar surface area (TPSA) is 47.3 Å². The molecule has 0 saturated carbocycles. The SMILES string of the molecule is CCCN(CCCO)Cc1ccc(C#N)cc1. The number of aliphatic hydroxyl groups excluding tert-OH is 1. The van der Waals surface area contributed by atoms with Crippen molar-refractivity contribution in [1.29, 1.82) is 5.26 Å². The van der Waals surface area contributed by atoms with Gasteiger partial charge < -0.3 is 5.11 Å². The minimum atomic E-state index is 0.244. The predicted molar refractivity (Wildman–Crippen MR) is 68.4 cm³/mol. The van der Waals surface area contributed by atoms with Crippen LogP contribution in [0.2, 0.25) is 0 Å². The summed E-state index contributed by atoms with van der Waals surface area (Å²) in [6.07, 6.45) is 1.93. The quantitative estimate of drug-likeness (QED) is 0.783. The molecule has 92 valence electrons. The van der Waals surface area contributed by atoms with Gasteiger partial charge >= 0.3 is 0 Å². The zero-order valence-electron chi connectivity index (χ0n) is 10.4. The van der Waals surface area contributed by atoms with Gasteiger partial charge in [-0.15, -0.1) is 0 Å². The number of hydrogen-bond acceptors (Lipinski definition) is 3. The Hall–Kier alpha value is -1.37. The monoisotopic (exact) mass is 232 g/mol. The lowest BCUT2D eigenvalue weighted by molar-refractivity contribution is 0.218. The van der Waals surface area contributed by atoms with Gasteiger partial charge in [0.2, 0.25) is 0 Å². The zero-order valence-corrected chi connectivity index (χ0v) is 10.4. The van der Waals surface area contributed by atoms with E-state index in [1.807, 2.05) is 24.3 Å². The Morgan fingerprint density at radius 2 is 1.94 bits per heavy atom. The molecule has 1 rings (SSSR count). The number of hydrogen-bond donors (Lipinski definition) is 1. The molecule has 0 heterocycles. The van der Waals surface area contributed by atoms with Crippen LogP contribution >= 0.6 is 0 Å². The Bertz CT molecular complexity index is 353. The van der Waals surface area contributed by atoms with Crippen molar-refractivity contribution in [2.24, 2.45) is 0 Å². The maximum atomic E-state index is 8.86. The van der Waals surface area contributed by atoms with Crippen LogP contribution in [-0.4, -0.2) is 29.7 Å². The minimum absolute atomic E-state index is 0.244. The average Bonchev–Trinajstić information content (AvgIpc) is 2.37.